The molecule has 0 aliphatic heterocycles. The van der Waals surface area contributed by atoms with Gasteiger partial charge in [0.25, 0.3) is 0 Å². The fourth-order valence-corrected chi connectivity index (χ4v) is 2.33. The third-order valence-corrected chi connectivity index (χ3v) is 3.32. The summed E-state index contributed by atoms with van der Waals surface area (Å²) in [5.74, 6) is -0.943. The molecule has 0 spiro atoms. The number of hydrogen-bond donors (Lipinski definition) is 1. The summed E-state index contributed by atoms with van der Waals surface area (Å²) < 4.78 is 1.74. The summed E-state index contributed by atoms with van der Waals surface area (Å²) in [7, 11) is 0. The molecule has 0 fully saturated rings. The Hall–Kier alpha value is -2.63. The molecule has 1 amide bonds. The van der Waals surface area contributed by atoms with Crippen LogP contribution in [0.25, 0.3) is 5.69 Å². The van der Waals surface area contributed by atoms with E-state index in [0.29, 0.717) is 6.54 Å². The number of nitrogens with zero attached hydrogens (tertiary/aromatic N) is 3. The molecule has 0 aliphatic rings. The molecule has 1 heterocycles. The first-order chi connectivity index (χ1) is 11.0. The van der Waals surface area contributed by atoms with Gasteiger partial charge < -0.3 is 10.0 Å². The predicted molar refractivity (Wildman–Crippen MR) is 86.3 cm³/mol. The summed E-state index contributed by atoms with van der Waals surface area (Å²) >= 11 is 0. The van der Waals surface area contributed by atoms with Crippen molar-refractivity contribution >= 4 is 11.9 Å². The lowest BCUT2D eigenvalue weighted by atomic mass is 10.1. The first kappa shape index (κ1) is 16.7. The van der Waals surface area contributed by atoms with E-state index in [1.54, 1.807) is 10.9 Å². The molecule has 6 nitrogen and oxygen atoms in total. The average molecular weight is 315 g/mol. The summed E-state index contributed by atoms with van der Waals surface area (Å²) in [6, 6.07) is 9.35. The Bertz CT molecular complexity index is 648. The van der Waals surface area contributed by atoms with E-state index in [-0.39, 0.29) is 24.8 Å². The lowest BCUT2D eigenvalue weighted by Gasteiger charge is -2.22. The second-order valence-corrected chi connectivity index (χ2v) is 5.86. The number of aliphatic carboxylic acids is 1. The summed E-state index contributed by atoms with van der Waals surface area (Å²) in [5.41, 5.74) is 1.76. The third kappa shape index (κ3) is 4.95. The van der Waals surface area contributed by atoms with Gasteiger partial charge in [-0.2, -0.15) is 5.10 Å². The van der Waals surface area contributed by atoms with Gasteiger partial charge in [-0.25, -0.2) is 4.68 Å². The maximum Gasteiger partial charge on any atom is 0.323 e. The number of hydrogen-bond acceptors (Lipinski definition) is 3. The standard InChI is InChI=1S/C17H21N3O3/c1-13(2)11-19(12-17(22)23)16(21)10-14-4-6-15(7-5-14)20-9-3-8-18-20/h3-9,13H,10-12H2,1-2H3,(H,22,23). The van der Waals surface area contributed by atoms with Crippen molar-refractivity contribution in [2.45, 2.75) is 20.3 Å². The van der Waals surface area contributed by atoms with Gasteiger partial charge in [0, 0.05) is 18.9 Å². The van der Waals surface area contributed by atoms with Crippen molar-refractivity contribution in [1.29, 1.82) is 0 Å². The second-order valence-electron chi connectivity index (χ2n) is 5.86. The summed E-state index contributed by atoms with van der Waals surface area (Å²) in [6.45, 7) is 4.10. The fraction of sp³-hybridized carbons (Fsp3) is 0.353. The van der Waals surface area contributed by atoms with Crippen molar-refractivity contribution in [3.8, 4) is 5.69 Å². The van der Waals surface area contributed by atoms with Crippen LogP contribution in [0.4, 0.5) is 0 Å². The highest BCUT2D eigenvalue weighted by atomic mass is 16.4. The molecule has 23 heavy (non-hydrogen) atoms. The number of amides is 1. The predicted octanol–water partition coefficient (Wildman–Crippen LogP) is 1.98. The zero-order valence-electron chi connectivity index (χ0n) is 13.3. The van der Waals surface area contributed by atoms with E-state index < -0.39 is 5.97 Å². The van der Waals surface area contributed by atoms with Crippen LogP contribution >= 0.6 is 0 Å². The van der Waals surface area contributed by atoms with Crippen molar-refractivity contribution in [1.82, 2.24) is 14.7 Å². The number of carbonyl (C=O) groups excluding carboxylic acids is 1. The van der Waals surface area contributed by atoms with E-state index in [9.17, 15) is 9.59 Å². The van der Waals surface area contributed by atoms with Gasteiger partial charge in [-0.1, -0.05) is 26.0 Å². The Balaban J connectivity index is 2.04. The Labute approximate surface area is 135 Å². The maximum absolute atomic E-state index is 12.3. The minimum atomic E-state index is -0.993. The summed E-state index contributed by atoms with van der Waals surface area (Å²) in [4.78, 5) is 24.7. The van der Waals surface area contributed by atoms with Crippen molar-refractivity contribution in [3.05, 3.63) is 48.3 Å². The van der Waals surface area contributed by atoms with Crippen LogP contribution in [0.2, 0.25) is 0 Å². The van der Waals surface area contributed by atoms with Crippen LogP contribution in [0.1, 0.15) is 19.4 Å². The molecule has 2 rings (SSSR count). The number of carboxylic acids is 1. The average Bonchev–Trinajstić information content (AvgIpc) is 3.00. The Morgan fingerprint density at radius 1 is 1.26 bits per heavy atom. The summed E-state index contributed by atoms with van der Waals surface area (Å²) in [5, 5.41) is 13.1. The van der Waals surface area contributed by atoms with Gasteiger partial charge >= 0.3 is 5.97 Å². The van der Waals surface area contributed by atoms with Crippen molar-refractivity contribution in [3.63, 3.8) is 0 Å². The molecule has 0 saturated heterocycles. The number of aromatic nitrogens is 2. The Morgan fingerprint density at radius 3 is 2.48 bits per heavy atom. The first-order valence-electron chi connectivity index (χ1n) is 7.54. The molecule has 0 aliphatic carbocycles. The van der Waals surface area contributed by atoms with Gasteiger partial charge in [0.15, 0.2) is 0 Å². The number of carboxylic acid groups (broad SMARTS) is 1. The topological polar surface area (TPSA) is 75.4 Å². The van der Waals surface area contributed by atoms with Gasteiger partial charge in [0.05, 0.1) is 12.1 Å². The largest absolute Gasteiger partial charge is 0.480 e. The van der Waals surface area contributed by atoms with Crippen LogP contribution in [-0.2, 0) is 16.0 Å². The molecule has 0 bridgehead atoms. The summed E-state index contributed by atoms with van der Waals surface area (Å²) in [6.07, 6.45) is 3.74. The molecule has 0 saturated carbocycles. The molecular weight excluding hydrogens is 294 g/mol. The Morgan fingerprint density at radius 2 is 1.96 bits per heavy atom. The van der Waals surface area contributed by atoms with Crippen molar-refractivity contribution in [2.24, 2.45) is 5.92 Å². The van der Waals surface area contributed by atoms with Gasteiger partial charge in [0.2, 0.25) is 5.91 Å². The molecule has 0 radical (unpaired) electrons. The van der Waals surface area contributed by atoms with E-state index in [0.717, 1.165) is 11.3 Å². The smallest absolute Gasteiger partial charge is 0.323 e. The highest BCUT2D eigenvalue weighted by Crippen LogP contribution is 2.11. The maximum atomic E-state index is 12.3. The molecule has 2 aromatic rings. The van der Waals surface area contributed by atoms with Crippen LogP contribution in [-0.4, -0.2) is 44.8 Å². The minimum Gasteiger partial charge on any atom is -0.480 e. The minimum absolute atomic E-state index is 0.173. The van der Waals surface area contributed by atoms with E-state index >= 15 is 0 Å². The quantitative estimate of drug-likeness (QED) is 0.848. The molecule has 0 unspecified atom stereocenters. The zero-order chi connectivity index (χ0) is 16.8. The second kappa shape index (κ2) is 7.58. The van der Waals surface area contributed by atoms with Crippen LogP contribution in [0.15, 0.2) is 42.7 Å². The monoisotopic (exact) mass is 315 g/mol. The highest BCUT2D eigenvalue weighted by Gasteiger charge is 2.18. The lowest BCUT2D eigenvalue weighted by molar-refractivity contribution is -0.144. The molecule has 6 heteroatoms. The highest BCUT2D eigenvalue weighted by molar-refractivity contribution is 5.83. The van der Waals surface area contributed by atoms with Gasteiger partial charge in [-0.3, -0.25) is 9.59 Å². The third-order valence-electron chi connectivity index (χ3n) is 3.32. The SMILES string of the molecule is CC(C)CN(CC(=O)O)C(=O)Cc1ccc(-n2cccn2)cc1. The Kier molecular flexibility index (Phi) is 5.51. The molecule has 0 atom stereocenters. The first-order valence-corrected chi connectivity index (χ1v) is 7.54. The van der Waals surface area contributed by atoms with Crippen LogP contribution in [0, 0.1) is 5.92 Å². The molecule has 122 valence electrons. The van der Waals surface area contributed by atoms with E-state index in [1.807, 2.05) is 50.4 Å². The fourth-order valence-electron chi connectivity index (χ4n) is 2.33. The number of carbonyl (C=O) groups is 2. The molecule has 1 aromatic carbocycles. The van der Waals surface area contributed by atoms with E-state index in [1.165, 1.54) is 4.90 Å². The lowest BCUT2D eigenvalue weighted by Crippen LogP contribution is -2.39. The normalized spacial score (nSPS) is 10.7. The molecule has 1 aromatic heterocycles. The van der Waals surface area contributed by atoms with E-state index in [4.69, 9.17) is 5.11 Å². The molecule has 1 N–H and O–H groups in total. The van der Waals surface area contributed by atoms with Crippen molar-refractivity contribution in [2.75, 3.05) is 13.1 Å². The van der Waals surface area contributed by atoms with Crippen LogP contribution in [0.5, 0.6) is 0 Å². The van der Waals surface area contributed by atoms with Gasteiger partial charge in [0.1, 0.15) is 6.54 Å². The molecular formula is C17H21N3O3. The van der Waals surface area contributed by atoms with Gasteiger partial charge in [-0.15, -0.1) is 0 Å². The zero-order valence-corrected chi connectivity index (χ0v) is 13.3. The van der Waals surface area contributed by atoms with Crippen LogP contribution < -0.4 is 0 Å². The van der Waals surface area contributed by atoms with Gasteiger partial charge in [-0.05, 0) is 29.7 Å². The van der Waals surface area contributed by atoms with E-state index in [2.05, 4.69) is 5.10 Å². The number of benzene rings is 1. The van der Waals surface area contributed by atoms with Crippen molar-refractivity contribution < 1.29 is 14.7 Å². The van der Waals surface area contributed by atoms with Crippen LogP contribution in [0.3, 0.4) is 0 Å². The number of rotatable bonds is 7.